The molecule has 1 aromatic rings. The van der Waals surface area contributed by atoms with Gasteiger partial charge >= 0.3 is 0 Å². The number of hydrogen-bond donors (Lipinski definition) is 1. The number of benzene rings is 1. The molecule has 0 heterocycles. The van der Waals surface area contributed by atoms with Gasteiger partial charge in [-0.3, -0.25) is 0 Å². The summed E-state index contributed by atoms with van der Waals surface area (Å²) in [5.74, 6) is 0.977. The summed E-state index contributed by atoms with van der Waals surface area (Å²) in [5.41, 5.74) is 8.19. The minimum absolute atomic E-state index is 0.251. The van der Waals surface area contributed by atoms with E-state index in [1.807, 2.05) is 6.92 Å². The topological polar surface area (TPSA) is 35.2 Å². The average molecular weight is 193 g/mol. The van der Waals surface area contributed by atoms with Crippen molar-refractivity contribution in [2.24, 2.45) is 5.73 Å². The summed E-state index contributed by atoms with van der Waals surface area (Å²) in [6.45, 7) is 4.10. The predicted molar refractivity (Wildman–Crippen MR) is 59.7 cm³/mol. The molecule has 78 valence electrons. The van der Waals surface area contributed by atoms with Gasteiger partial charge in [0.15, 0.2) is 0 Å². The zero-order chi connectivity index (χ0) is 10.6. The van der Waals surface area contributed by atoms with Crippen molar-refractivity contribution < 1.29 is 4.74 Å². The van der Waals surface area contributed by atoms with Crippen LogP contribution in [0.3, 0.4) is 0 Å². The van der Waals surface area contributed by atoms with Gasteiger partial charge in [-0.2, -0.15) is 0 Å². The van der Waals surface area contributed by atoms with Crippen LogP contribution in [0.2, 0.25) is 0 Å². The molecular formula is C12H19NO. The van der Waals surface area contributed by atoms with Gasteiger partial charge in [0.1, 0.15) is 5.75 Å². The van der Waals surface area contributed by atoms with E-state index in [1.54, 1.807) is 7.11 Å². The molecule has 0 aliphatic carbocycles. The Bertz CT molecular complexity index is 294. The van der Waals surface area contributed by atoms with Gasteiger partial charge in [-0.1, -0.05) is 12.1 Å². The van der Waals surface area contributed by atoms with Crippen LogP contribution in [0.15, 0.2) is 18.2 Å². The lowest BCUT2D eigenvalue weighted by atomic mass is 10.0. The third-order valence-corrected chi connectivity index (χ3v) is 2.31. The molecule has 2 heteroatoms. The molecule has 14 heavy (non-hydrogen) atoms. The summed E-state index contributed by atoms with van der Waals surface area (Å²) in [7, 11) is 1.71. The second kappa shape index (κ2) is 5.01. The summed E-state index contributed by atoms with van der Waals surface area (Å²) in [6, 6.07) is 6.55. The SMILES string of the molecule is COc1cc(C)ccc1CCC(C)N. The Balaban J connectivity index is 2.75. The van der Waals surface area contributed by atoms with Gasteiger partial charge in [-0.25, -0.2) is 0 Å². The predicted octanol–water partition coefficient (Wildman–Crippen LogP) is 2.28. The number of nitrogens with two attached hydrogens (primary N) is 1. The zero-order valence-corrected chi connectivity index (χ0v) is 9.21. The first-order valence-corrected chi connectivity index (χ1v) is 5.02. The van der Waals surface area contributed by atoms with E-state index < -0.39 is 0 Å². The van der Waals surface area contributed by atoms with Crippen LogP contribution in [0.25, 0.3) is 0 Å². The monoisotopic (exact) mass is 193 g/mol. The maximum absolute atomic E-state index is 5.72. The van der Waals surface area contributed by atoms with Crippen molar-refractivity contribution in [3.05, 3.63) is 29.3 Å². The lowest BCUT2D eigenvalue weighted by Gasteiger charge is -2.10. The van der Waals surface area contributed by atoms with Crippen molar-refractivity contribution in [2.75, 3.05) is 7.11 Å². The van der Waals surface area contributed by atoms with Crippen molar-refractivity contribution in [2.45, 2.75) is 32.7 Å². The first kappa shape index (κ1) is 11.1. The molecule has 1 aromatic carbocycles. The van der Waals surface area contributed by atoms with E-state index in [-0.39, 0.29) is 6.04 Å². The van der Waals surface area contributed by atoms with Crippen LogP contribution in [-0.2, 0) is 6.42 Å². The molecule has 0 radical (unpaired) electrons. The molecule has 0 saturated carbocycles. The number of aryl methyl sites for hydroxylation is 2. The van der Waals surface area contributed by atoms with Crippen LogP contribution < -0.4 is 10.5 Å². The van der Waals surface area contributed by atoms with E-state index in [9.17, 15) is 0 Å². The quantitative estimate of drug-likeness (QED) is 0.796. The van der Waals surface area contributed by atoms with Crippen LogP contribution in [0, 0.1) is 6.92 Å². The van der Waals surface area contributed by atoms with Crippen molar-refractivity contribution in [3.63, 3.8) is 0 Å². The minimum atomic E-state index is 0.251. The standard InChI is InChI=1S/C12H19NO/c1-9-4-6-11(7-5-10(2)13)12(8-9)14-3/h4,6,8,10H,5,7,13H2,1-3H3. The fraction of sp³-hybridized carbons (Fsp3) is 0.500. The highest BCUT2D eigenvalue weighted by molar-refractivity contribution is 5.37. The van der Waals surface area contributed by atoms with Crippen LogP contribution in [0.1, 0.15) is 24.5 Å². The Morgan fingerprint density at radius 2 is 2.14 bits per heavy atom. The maximum Gasteiger partial charge on any atom is 0.122 e. The summed E-state index contributed by atoms with van der Waals surface area (Å²) >= 11 is 0. The Hall–Kier alpha value is -1.02. The molecule has 1 rings (SSSR count). The van der Waals surface area contributed by atoms with Crippen LogP contribution in [-0.4, -0.2) is 13.2 Å². The largest absolute Gasteiger partial charge is 0.496 e. The molecule has 0 spiro atoms. The molecule has 0 aliphatic rings. The second-order valence-corrected chi connectivity index (χ2v) is 3.83. The van der Waals surface area contributed by atoms with Gasteiger partial charge in [0, 0.05) is 6.04 Å². The minimum Gasteiger partial charge on any atom is -0.496 e. The lowest BCUT2D eigenvalue weighted by molar-refractivity contribution is 0.408. The van der Waals surface area contributed by atoms with Gasteiger partial charge in [-0.15, -0.1) is 0 Å². The molecular weight excluding hydrogens is 174 g/mol. The van der Waals surface area contributed by atoms with E-state index in [0.717, 1.165) is 18.6 Å². The molecule has 0 fully saturated rings. The molecule has 2 nitrogen and oxygen atoms in total. The van der Waals surface area contributed by atoms with Gasteiger partial charge in [0.2, 0.25) is 0 Å². The Morgan fingerprint density at radius 1 is 1.43 bits per heavy atom. The van der Waals surface area contributed by atoms with Crippen molar-refractivity contribution >= 4 is 0 Å². The number of rotatable bonds is 4. The number of hydrogen-bond acceptors (Lipinski definition) is 2. The third-order valence-electron chi connectivity index (χ3n) is 2.31. The Morgan fingerprint density at radius 3 is 2.71 bits per heavy atom. The molecule has 1 unspecified atom stereocenters. The second-order valence-electron chi connectivity index (χ2n) is 3.83. The first-order valence-electron chi connectivity index (χ1n) is 5.02. The molecule has 0 bridgehead atoms. The number of ether oxygens (including phenoxy) is 1. The van der Waals surface area contributed by atoms with Crippen molar-refractivity contribution in [1.29, 1.82) is 0 Å². The summed E-state index contributed by atoms with van der Waals surface area (Å²) in [4.78, 5) is 0. The maximum atomic E-state index is 5.72. The molecule has 0 aromatic heterocycles. The summed E-state index contributed by atoms with van der Waals surface area (Å²) < 4.78 is 5.32. The van der Waals surface area contributed by atoms with Crippen LogP contribution in [0.5, 0.6) is 5.75 Å². The van der Waals surface area contributed by atoms with Crippen molar-refractivity contribution in [1.82, 2.24) is 0 Å². The van der Waals surface area contributed by atoms with Crippen LogP contribution in [0.4, 0.5) is 0 Å². The van der Waals surface area contributed by atoms with Gasteiger partial charge in [0.05, 0.1) is 7.11 Å². The fourth-order valence-corrected chi connectivity index (χ4v) is 1.44. The summed E-state index contributed by atoms with van der Waals surface area (Å²) in [5, 5.41) is 0. The van der Waals surface area contributed by atoms with E-state index in [4.69, 9.17) is 10.5 Å². The van der Waals surface area contributed by atoms with Gasteiger partial charge in [-0.05, 0) is 43.9 Å². The molecule has 2 N–H and O–H groups in total. The van der Waals surface area contributed by atoms with Crippen LogP contribution >= 0.6 is 0 Å². The van der Waals surface area contributed by atoms with Crippen molar-refractivity contribution in [3.8, 4) is 5.75 Å². The number of methoxy groups -OCH3 is 1. The smallest absolute Gasteiger partial charge is 0.122 e. The highest BCUT2D eigenvalue weighted by Gasteiger charge is 2.03. The molecule has 0 amide bonds. The van der Waals surface area contributed by atoms with E-state index in [0.29, 0.717) is 0 Å². The van der Waals surface area contributed by atoms with E-state index in [1.165, 1.54) is 11.1 Å². The lowest BCUT2D eigenvalue weighted by Crippen LogP contribution is -2.15. The highest BCUT2D eigenvalue weighted by Crippen LogP contribution is 2.21. The Kier molecular flexibility index (Phi) is 3.96. The normalized spacial score (nSPS) is 12.6. The highest BCUT2D eigenvalue weighted by atomic mass is 16.5. The molecule has 1 atom stereocenters. The third kappa shape index (κ3) is 3.04. The fourth-order valence-electron chi connectivity index (χ4n) is 1.44. The first-order chi connectivity index (χ1) is 6.63. The van der Waals surface area contributed by atoms with E-state index in [2.05, 4.69) is 25.1 Å². The van der Waals surface area contributed by atoms with Gasteiger partial charge < -0.3 is 10.5 Å². The molecule has 0 aliphatic heterocycles. The zero-order valence-electron chi connectivity index (χ0n) is 9.21. The van der Waals surface area contributed by atoms with Gasteiger partial charge in [0.25, 0.3) is 0 Å². The Labute approximate surface area is 86.1 Å². The average Bonchev–Trinajstić information content (AvgIpc) is 2.15. The summed E-state index contributed by atoms with van der Waals surface area (Å²) in [6.07, 6.45) is 1.99. The molecule has 0 saturated heterocycles. The van der Waals surface area contributed by atoms with E-state index >= 15 is 0 Å².